The number of benzene rings is 8. The summed E-state index contributed by atoms with van der Waals surface area (Å²) >= 11 is 1.93. The van der Waals surface area contributed by atoms with Gasteiger partial charge in [-0.25, -0.2) is 9.97 Å². The minimum atomic E-state index is 0.719. The molecular weight excluding hydrogens is 651 g/mol. The zero-order valence-corrected chi connectivity index (χ0v) is 28.8. The molecule has 4 heteroatoms. The molecule has 3 heterocycles. The monoisotopic (exact) mass is 679 g/mol. The van der Waals surface area contributed by atoms with Gasteiger partial charge in [-0.2, -0.15) is 0 Å². The van der Waals surface area contributed by atoms with E-state index in [0.717, 1.165) is 39.6 Å². The zero-order valence-electron chi connectivity index (χ0n) is 28.0. The molecule has 0 amide bonds. The molecule has 0 atom stereocenters. The second kappa shape index (κ2) is 11.5. The van der Waals surface area contributed by atoms with Crippen molar-refractivity contribution in [2.75, 3.05) is 0 Å². The molecule has 8 aromatic carbocycles. The lowest BCUT2D eigenvalue weighted by molar-refractivity contribution is 1.17. The lowest BCUT2D eigenvalue weighted by Gasteiger charge is -2.11. The molecule has 0 saturated carbocycles. The molecule has 0 fully saturated rings. The predicted octanol–water partition coefficient (Wildman–Crippen LogP) is 13.2. The first-order chi connectivity index (χ1) is 25.8. The summed E-state index contributed by atoms with van der Waals surface area (Å²) in [5.74, 6) is 0.719. The standard InChI is InChI=1S/C48H29N3S/c1-3-13-30(14-4-1)40-29-41(50-48(49-40)32-15-5-2-6-16-32)31-23-25-33(26-24-31)51-42-22-12-11-21-38(42)45-43(51)28-27-39-44-36-19-9-7-17-34(36)35-18-8-10-20-37(35)46(44)52-47(39)45/h1-29H. The van der Waals surface area contributed by atoms with E-state index in [1.54, 1.807) is 0 Å². The van der Waals surface area contributed by atoms with Crippen LogP contribution in [0.3, 0.4) is 0 Å². The van der Waals surface area contributed by atoms with Gasteiger partial charge >= 0.3 is 0 Å². The maximum atomic E-state index is 5.07. The number of hydrogen-bond donors (Lipinski definition) is 0. The number of aromatic nitrogens is 3. The molecule has 11 rings (SSSR count). The largest absolute Gasteiger partial charge is 0.309 e. The Morgan fingerprint density at radius 3 is 1.62 bits per heavy atom. The van der Waals surface area contributed by atoms with Crippen LogP contribution >= 0.6 is 11.3 Å². The number of thiophene rings is 1. The van der Waals surface area contributed by atoms with E-state index in [1.807, 2.05) is 35.6 Å². The Morgan fingerprint density at radius 1 is 0.365 bits per heavy atom. The number of para-hydroxylation sites is 1. The van der Waals surface area contributed by atoms with Gasteiger partial charge in [0.2, 0.25) is 0 Å². The number of hydrogen-bond acceptors (Lipinski definition) is 3. The fourth-order valence-corrected chi connectivity index (χ4v) is 9.45. The van der Waals surface area contributed by atoms with Crippen molar-refractivity contribution in [1.29, 1.82) is 0 Å². The Balaban J connectivity index is 1.11. The highest BCUT2D eigenvalue weighted by Crippen LogP contribution is 2.48. The van der Waals surface area contributed by atoms with Gasteiger partial charge in [-0.1, -0.05) is 146 Å². The van der Waals surface area contributed by atoms with Crippen LogP contribution in [0.4, 0.5) is 0 Å². The van der Waals surface area contributed by atoms with Crippen LogP contribution in [0.15, 0.2) is 176 Å². The first-order valence-electron chi connectivity index (χ1n) is 17.6. The van der Waals surface area contributed by atoms with Crippen molar-refractivity contribution in [1.82, 2.24) is 14.5 Å². The minimum Gasteiger partial charge on any atom is -0.309 e. The first kappa shape index (κ1) is 29.1. The third kappa shape index (κ3) is 4.38. The van der Waals surface area contributed by atoms with Gasteiger partial charge < -0.3 is 4.57 Å². The van der Waals surface area contributed by atoms with Crippen molar-refractivity contribution >= 4 is 74.9 Å². The highest BCUT2D eigenvalue weighted by atomic mass is 32.1. The topological polar surface area (TPSA) is 30.7 Å². The first-order valence-corrected chi connectivity index (χ1v) is 18.4. The molecule has 0 unspecified atom stereocenters. The Hall–Kier alpha value is -6.62. The predicted molar refractivity (Wildman–Crippen MR) is 221 cm³/mol. The van der Waals surface area contributed by atoms with Crippen LogP contribution in [0, 0.1) is 0 Å². The normalized spacial score (nSPS) is 11.8. The van der Waals surface area contributed by atoms with E-state index in [0.29, 0.717) is 0 Å². The molecule has 0 radical (unpaired) electrons. The van der Waals surface area contributed by atoms with Crippen LogP contribution in [-0.2, 0) is 0 Å². The summed E-state index contributed by atoms with van der Waals surface area (Å²) in [5.41, 5.74) is 8.44. The zero-order chi connectivity index (χ0) is 34.2. The van der Waals surface area contributed by atoms with Gasteiger partial charge in [0.15, 0.2) is 5.82 Å². The van der Waals surface area contributed by atoms with Gasteiger partial charge in [0, 0.05) is 58.7 Å². The van der Waals surface area contributed by atoms with Crippen molar-refractivity contribution < 1.29 is 0 Å². The lowest BCUT2D eigenvalue weighted by atomic mass is 9.97. The maximum Gasteiger partial charge on any atom is 0.160 e. The molecule has 11 aromatic rings. The van der Waals surface area contributed by atoms with Gasteiger partial charge in [0.1, 0.15) is 0 Å². The Labute approximate surface area is 303 Å². The van der Waals surface area contributed by atoms with Crippen molar-refractivity contribution in [2.24, 2.45) is 0 Å². The summed E-state index contributed by atoms with van der Waals surface area (Å²) in [5, 5.41) is 10.5. The summed E-state index contributed by atoms with van der Waals surface area (Å²) in [7, 11) is 0. The Kier molecular flexibility index (Phi) is 6.42. The van der Waals surface area contributed by atoms with Gasteiger partial charge in [-0.15, -0.1) is 11.3 Å². The highest BCUT2D eigenvalue weighted by Gasteiger charge is 2.20. The van der Waals surface area contributed by atoms with Gasteiger partial charge in [-0.05, 0) is 46.5 Å². The molecule has 0 spiro atoms. The maximum absolute atomic E-state index is 5.07. The highest BCUT2D eigenvalue weighted by molar-refractivity contribution is 7.28. The molecule has 0 aliphatic rings. The fourth-order valence-electron chi connectivity index (χ4n) is 8.04. The van der Waals surface area contributed by atoms with Gasteiger partial charge in [-0.3, -0.25) is 0 Å². The van der Waals surface area contributed by atoms with Crippen LogP contribution in [0.5, 0.6) is 0 Å². The number of fused-ring (bicyclic) bond motifs is 12. The second-order valence-corrected chi connectivity index (χ2v) is 14.3. The average Bonchev–Trinajstić information content (AvgIpc) is 3.78. The van der Waals surface area contributed by atoms with Crippen molar-refractivity contribution in [3.05, 3.63) is 176 Å². The molecule has 242 valence electrons. The summed E-state index contributed by atoms with van der Waals surface area (Å²) in [6, 6.07) is 62.7. The summed E-state index contributed by atoms with van der Waals surface area (Å²) in [6.45, 7) is 0. The molecule has 0 saturated heterocycles. The quantitative estimate of drug-likeness (QED) is 0.173. The van der Waals surface area contributed by atoms with E-state index < -0.39 is 0 Å². The van der Waals surface area contributed by atoms with Crippen molar-refractivity contribution in [3.63, 3.8) is 0 Å². The minimum absolute atomic E-state index is 0.719. The van der Waals surface area contributed by atoms with Crippen LogP contribution in [0.2, 0.25) is 0 Å². The SMILES string of the molecule is c1ccc(-c2cc(-c3ccc(-n4c5ccccc5c5c6sc7c8ccccc8c8ccccc8c7c6ccc54)cc3)nc(-c3ccccc3)n2)cc1. The van der Waals surface area contributed by atoms with E-state index in [-0.39, 0.29) is 0 Å². The van der Waals surface area contributed by atoms with E-state index >= 15 is 0 Å². The third-order valence-corrected chi connectivity index (χ3v) is 11.7. The summed E-state index contributed by atoms with van der Waals surface area (Å²) in [6.07, 6.45) is 0. The van der Waals surface area contributed by atoms with Crippen molar-refractivity contribution in [3.8, 4) is 39.6 Å². The third-order valence-electron chi connectivity index (χ3n) is 10.4. The molecule has 3 nitrogen and oxygen atoms in total. The van der Waals surface area contributed by atoms with Crippen LogP contribution < -0.4 is 0 Å². The van der Waals surface area contributed by atoms with E-state index in [9.17, 15) is 0 Å². The molecule has 0 aliphatic heterocycles. The molecule has 0 aliphatic carbocycles. The average molecular weight is 680 g/mol. The van der Waals surface area contributed by atoms with Crippen molar-refractivity contribution in [2.45, 2.75) is 0 Å². The van der Waals surface area contributed by atoms with E-state index in [4.69, 9.17) is 9.97 Å². The molecule has 0 N–H and O–H groups in total. The molecule has 0 bridgehead atoms. The van der Waals surface area contributed by atoms with Crippen LogP contribution in [0.25, 0.3) is 103 Å². The lowest BCUT2D eigenvalue weighted by Crippen LogP contribution is -1.97. The van der Waals surface area contributed by atoms with E-state index in [1.165, 1.54) is 63.5 Å². The molecule has 3 aromatic heterocycles. The fraction of sp³-hybridized carbons (Fsp3) is 0. The summed E-state index contributed by atoms with van der Waals surface area (Å²) in [4.78, 5) is 10.1. The van der Waals surface area contributed by atoms with Crippen LogP contribution in [0.1, 0.15) is 0 Å². The number of nitrogens with zero attached hydrogens (tertiary/aromatic N) is 3. The molecular formula is C48H29N3S. The van der Waals surface area contributed by atoms with E-state index in [2.05, 4.69) is 156 Å². The summed E-state index contributed by atoms with van der Waals surface area (Å²) < 4.78 is 5.11. The second-order valence-electron chi connectivity index (χ2n) is 13.3. The smallest absolute Gasteiger partial charge is 0.160 e. The Morgan fingerprint density at radius 2 is 0.904 bits per heavy atom. The van der Waals surface area contributed by atoms with Crippen LogP contribution in [-0.4, -0.2) is 14.5 Å². The van der Waals surface area contributed by atoms with Gasteiger partial charge in [0.05, 0.1) is 22.4 Å². The molecule has 52 heavy (non-hydrogen) atoms. The Bertz CT molecular complexity index is 3100. The van der Waals surface area contributed by atoms with Gasteiger partial charge in [0.25, 0.3) is 0 Å². The number of rotatable bonds is 4.